The number of hydrogen-bond acceptors (Lipinski definition) is 4. The third-order valence-corrected chi connectivity index (χ3v) is 7.42. The van der Waals surface area contributed by atoms with Crippen LogP contribution in [0, 0.1) is 6.92 Å². The molecule has 0 saturated carbocycles. The summed E-state index contributed by atoms with van der Waals surface area (Å²) in [5.74, 6) is 0. The van der Waals surface area contributed by atoms with Gasteiger partial charge in [-0.15, -0.1) is 0 Å². The molecule has 0 heterocycles. The Labute approximate surface area is 153 Å². The lowest BCUT2D eigenvalue weighted by atomic mass is 10.2. The largest absolute Gasteiger partial charge is 0.281 e. The average molecular weight is 387 g/mol. The molecule has 0 aliphatic rings. The average Bonchev–Trinajstić information content (AvgIpc) is 2.68. The molecule has 0 aliphatic heterocycles. The SMILES string of the molecule is Cc1ccc(S(=O)(=O)NOP(=O)(c2ccccc2)c2ccccc2)cc1. The predicted octanol–water partition coefficient (Wildman–Crippen LogP) is 3.13. The monoisotopic (exact) mass is 387 g/mol. The van der Waals surface area contributed by atoms with E-state index < -0.39 is 17.4 Å². The van der Waals surface area contributed by atoms with E-state index in [2.05, 4.69) is 0 Å². The lowest BCUT2D eigenvalue weighted by Gasteiger charge is -2.19. The number of sulfonamides is 1. The van der Waals surface area contributed by atoms with Crippen molar-refractivity contribution in [2.75, 3.05) is 0 Å². The molecule has 0 amide bonds. The van der Waals surface area contributed by atoms with Crippen LogP contribution in [0.4, 0.5) is 0 Å². The highest BCUT2D eigenvalue weighted by Crippen LogP contribution is 2.43. The van der Waals surface area contributed by atoms with Crippen molar-refractivity contribution in [2.45, 2.75) is 11.8 Å². The maximum atomic E-state index is 13.6. The molecule has 7 heteroatoms. The van der Waals surface area contributed by atoms with Gasteiger partial charge in [-0.2, -0.15) is 0 Å². The number of benzene rings is 3. The molecule has 0 atom stereocenters. The fraction of sp³-hybridized carbons (Fsp3) is 0.0526. The van der Waals surface area contributed by atoms with Gasteiger partial charge < -0.3 is 0 Å². The molecule has 0 saturated heterocycles. The standard InChI is InChI=1S/C19H18NO4PS/c1-16-12-14-19(15-13-16)26(22,23)20-24-25(21,17-8-4-2-5-9-17)18-10-6-3-7-11-18/h2-15,20H,1H3. The highest BCUT2D eigenvalue weighted by molar-refractivity contribution is 7.89. The van der Waals surface area contributed by atoms with Gasteiger partial charge in [0.2, 0.25) is 0 Å². The van der Waals surface area contributed by atoms with Crippen molar-refractivity contribution in [1.29, 1.82) is 0 Å². The molecule has 0 unspecified atom stereocenters. The molecule has 0 aromatic heterocycles. The van der Waals surface area contributed by atoms with Crippen molar-refractivity contribution in [3.8, 4) is 0 Å². The summed E-state index contributed by atoms with van der Waals surface area (Å²) in [4.78, 5) is 2.08. The molecule has 0 bridgehead atoms. The van der Waals surface area contributed by atoms with Crippen LogP contribution in [0.1, 0.15) is 5.56 Å². The molecule has 1 N–H and O–H groups in total. The molecule has 3 aromatic carbocycles. The normalized spacial score (nSPS) is 12.0. The van der Waals surface area contributed by atoms with Gasteiger partial charge in [0.1, 0.15) is 0 Å². The van der Waals surface area contributed by atoms with Crippen molar-refractivity contribution in [3.05, 3.63) is 90.5 Å². The lowest BCUT2D eigenvalue weighted by molar-refractivity contribution is 0.280. The molecule has 0 aliphatic carbocycles. The minimum Gasteiger partial charge on any atom is -0.281 e. The van der Waals surface area contributed by atoms with Crippen LogP contribution in [0.15, 0.2) is 89.8 Å². The van der Waals surface area contributed by atoms with Crippen LogP contribution >= 0.6 is 7.37 Å². The van der Waals surface area contributed by atoms with E-state index >= 15 is 0 Å². The molecule has 0 fully saturated rings. The van der Waals surface area contributed by atoms with Crippen LogP contribution in [0.3, 0.4) is 0 Å². The summed E-state index contributed by atoms with van der Waals surface area (Å²) >= 11 is 0. The zero-order valence-electron chi connectivity index (χ0n) is 14.1. The summed E-state index contributed by atoms with van der Waals surface area (Å²) in [5.41, 5.74) is 0.934. The molecule has 0 spiro atoms. The van der Waals surface area contributed by atoms with Gasteiger partial charge in [-0.25, -0.2) is 13.0 Å². The van der Waals surface area contributed by atoms with Gasteiger partial charge in [0, 0.05) is 10.6 Å². The highest BCUT2D eigenvalue weighted by atomic mass is 32.2. The van der Waals surface area contributed by atoms with E-state index in [1.54, 1.807) is 72.8 Å². The van der Waals surface area contributed by atoms with Gasteiger partial charge in [0.05, 0.1) is 4.90 Å². The van der Waals surface area contributed by atoms with Crippen LogP contribution < -0.4 is 15.5 Å². The molecule has 26 heavy (non-hydrogen) atoms. The first-order chi connectivity index (χ1) is 12.4. The summed E-state index contributed by atoms with van der Waals surface area (Å²) in [6.07, 6.45) is 0. The second-order valence-electron chi connectivity index (χ2n) is 5.71. The fourth-order valence-corrected chi connectivity index (χ4v) is 5.41. The van der Waals surface area contributed by atoms with E-state index in [1.165, 1.54) is 12.1 Å². The molecule has 134 valence electrons. The van der Waals surface area contributed by atoms with Gasteiger partial charge in [-0.3, -0.25) is 4.57 Å². The Morgan fingerprint density at radius 1 is 0.769 bits per heavy atom. The Bertz CT molecular complexity index is 977. The van der Waals surface area contributed by atoms with Gasteiger partial charge >= 0.3 is 0 Å². The minimum atomic E-state index is -3.97. The van der Waals surface area contributed by atoms with Gasteiger partial charge in [0.15, 0.2) is 0 Å². The third-order valence-electron chi connectivity index (χ3n) is 3.80. The number of hydrogen-bond donors (Lipinski definition) is 1. The molecular weight excluding hydrogens is 369 g/mol. The van der Waals surface area contributed by atoms with Gasteiger partial charge in [-0.1, -0.05) is 59.0 Å². The zero-order chi connectivity index (χ0) is 18.6. The Balaban J connectivity index is 1.95. The first-order valence-corrected chi connectivity index (χ1v) is 11.0. The first kappa shape index (κ1) is 18.5. The Hall–Kier alpha value is -2.24. The Morgan fingerprint density at radius 2 is 1.23 bits per heavy atom. The third kappa shape index (κ3) is 3.94. The van der Waals surface area contributed by atoms with E-state index in [-0.39, 0.29) is 4.90 Å². The minimum absolute atomic E-state index is 0.0378. The van der Waals surface area contributed by atoms with E-state index in [9.17, 15) is 13.0 Å². The summed E-state index contributed by atoms with van der Waals surface area (Å²) in [5, 5.41) is 0.801. The van der Waals surface area contributed by atoms with E-state index in [4.69, 9.17) is 4.62 Å². The fourth-order valence-electron chi connectivity index (χ4n) is 2.37. The first-order valence-electron chi connectivity index (χ1n) is 7.90. The summed E-state index contributed by atoms with van der Waals surface area (Å²) in [6.45, 7) is 1.86. The van der Waals surface area contributed by atoms with Crippen molar-refractivity contribution in [2.24, 2.45) is 0 Å². The smallest absolute Gasteiger partial charge is 0.278 e. The molecule has 3 rings (SSSR count). The Kier molecular flexibility index (Phi) is 5.39. The lowest BCUT2D eigenvalue weighted by Crippen LogP contribution is -2.28. The quantitative estimate of drug-likeness (QED) is 0.521. The molecule has 5 nitrogen and oxygen atoms in total. The summed E-state index contributed by atoms with van der Waals surface area (Å²) in [7, 11) is -7.61. The van der Waals surface area contributed by atoms with Crippen LogP contribution in [-0.2, 0) is 19.2 Å². The topological polar surface area (TPSA) is 72.5 Å². The predicted molar refractivity (Wildman–Crippen MR) is 102 cm³/mol. The summed E-state index contributed by atoms with van der Waals surface area (Å²) in [6, 6.07) is 23.4. The number of nitrogens with one attached hydrogen (secondary N) is 1. The Morgan fingerprint density at radius 3 is 1.69 bits per heavy atom. The van der Waals surface area contributed by atoms with Crippen molar-refractivity contribution < 1.29 is 17.6 Å². The molecule has 3 aromatic rings. The number of aryl methyl sites for hydroxylation is 1. The van der Waals surface area contributed by atoms with E-state index in [0.29, 0.717) is 10.6 Å². The second-order valence-corrected chi connectivity index (χ2v) is 9.68. The summed E-state index contributed by atoms with van der Waals surface area (Å²) < 4.78 is 44.0. The molecule has 0 radical (unpaired) electrons. The van der Waals surface area contributed by atoms with Crippen LogP contribution in [-0.4, -0.2) is 8.42 Å². The van der Waals surface area contributed by atoms with Gasteiger partial charge in [0.25, 0.3) is 17.4 Å². The van der Waals surface area contributed by atoms with Crippen molar-refractivity contribution in [1.82, 2.24) is 4.89 Å². The van der Waals surface area contributed by atoms with E-state index in [0.717, 1.165) is 5.56 Å². The highest BCUT2D eigenvalue weighted by Gasteiger charge is 2.31. The maximum absolute atomic E-state index is 13.6. The van der Waals surface area contributed by atoms with Crippen LogP contribution in [0.25, 0.3) is 0 Å². The van der Waals surface area contributed by atoms with Crippen molar-refractivity contribution >= 4 is 28.0 Å². The van der Waals surface area contributed by atoms with Crippen molar-refractivity contribution in [3.63, 3.8) is 0 Å². The zero-order valence-corrected chi connectivity index (χ0v) is 15.8. The van der Waals surface area contributed by atoms with Crippen LogP contribution in [0.5, 0.6) is 0 Å². The van der Waals surface area contributed by atoms with E-state index in [1.807, 2.05) is 11.8 Å². The molecular formula is C19H18NO4PS. The van der Waals surface area contributed by atoms with Crippen LogP contribution in [0.2, 0.25) is 0 Å². The second kappa shape index (κ2) is 7.56. The van der Waals surface area contributed by atoms with Gasteiger partial charge in [-0.05, 0) is 43.3 Å². The number of rotatable bonds is 6. The maximum Gasteiger partial charge on any atom is 0.278 e.